The summed E-state index contributed by atoms with van der Waals surface area (Å²) in [6.07, 6.45) is 6.41. The Morgan fingerprint density at radius 2 is 1.87 bits per heavy atom. The van der Waals surface area contributed by atoms with Gasteiger partial charge in [-0.2, -0.15) is 0 Å². The van der Waals surface area contributed by atoms with Gasteiger partial charge in [0.2, 0.25) is 0 Å². The molecule has 126 valence electrons. The highest BCUT2D eigenvalue weighted by molar-refractivity contribution is 5.93. The molecule has 0 bridgehead atoms. The highest BCUT2D eigenvalue weighted by atomic mass is 16.1. The van der Waals surface area contributed by atoms with E-state index in [-0.39, 0.29) is 5.91 Å². The lowest BCUT2D eigenvalue weighted by Gasteiger charge is -2.24. The fourth-order valence-corrected chi connectivity index (χ4v) is 2.84. The molecular weight excluding hydrogens is 288 g/mol. The third-order valence-corrected chi connectivity index (χ3v) is 4.15. The average Bonchev–Trinajstić information content (AvgIpc) is 2.60. The summed E-state index contributed by atoms with van der Waals surface area (Å²) in [6.45, 7) is 3.54. The van der Waals surface area contributed by atoms with Crippen LogP contribution in [0.3, 0.4) is 0 Å². The standard InChI is InChI=1S/C18H28N4O/c1-3-20-18(22-16-7-5-4-6-8-16)21-13-14-9-11-15(12-10-14)17(23)19-2/h9-12,16H,3-8,13H2,1-2H3,(H,19,23)(H2,20,21,22). The van der Waals surface area contributed by atoms with E-state index in [1.807, 2.05) is 24.3 Å². The number of benzene rings is 1. The van der Waals surface area contributed by atoms with Crippen molar-refractivity contribution in [2.24, 2.45) is 4.99 Å². The zero-order chi connectivity index (χ0) is 16.5. The van der Waals surface area contributed by atoms with Gasteiger partial charge in [-0.25, -0.2) is 4.99 Å². The molecule has 1 aliphatic carbocycles. The van der Waals surface area contributed by atoms with Crippen molar-refractivity contribution < 1.29 is 4.79 Å². The van der Waals surface area contributed by atoms with Crippen LogP contribution in [0.2, 0.25) is 0 Å². The fourth-order valence-electron chi connectivity index (χ4n) is 2.84. The second-order valence-electron chi connectivity index (χ2n) is 5.95. The van der Waals surface area contributed by atoms with Crippen LogP contribution in [0, 0.1) is 0 Å². The highest BCUT2D eigenvalue weighted by Crippen LogP contribution is 2.17. The van der Waals surface area contributed by atoms with Crippen molar-refractivity contribution in [2.45, 2.75) is 51.6 Å². The van der Waals surface area contributed by atoms with Crippen LogP contribution in [-0.4, -0.2) is 31.5 Å². The quantitative estimate of drug-likeness (QED) is 0.577. The van der Waals surface area contributed by atoms with E-state index in [9.17, 15) is 4.79 Å². The molecule has 2 rings (SSSR count). The third-order valence-electron chi connectivity index (χ3n) is 4.15. The van der Waals surface area contributed by atoms with Crippen molar-refractivity contribution in [3.05, 3.63) is 35.4 Å². The van der Waals surface area contributed by atoms with Crippen LogP contribution in [0.15, 0.2) is 29.3 Å². The van der Waals surface area contributed by atoms with Gasteiger partial charge in [0.05, 0.1) is 6.54 Å². The molecule has 0 aromatic heterocycles. The zero-order valence-electron chi connectivity index (χ0n) is 14.2. The number of nitrogens with one attached hydrogen (secondary N) is 3. The maximum Gasteiger partial charge on any atom is 0.251 e. The van der Waals surface area contributed by atoms with Crippen molar-refractivity contribution in [3.63, 3.8) is 0 Å². The third kappa shape index (κ3) is 5.58. The molecule has 1 aromatic rings. The fraction of sp³-hybridized carbons (Fsp3) is 0.556. The van der Waals surface area contributed by atoms with Gasteiger partial charge in [0.1, 0.15) is 0 Å². The van der Waals surface area contributed by atoms with Gasteiger partial charge in [-0.05, 0) is 37.5 Å². The molecule has 1 fully saturated rings. The van der Waals surface area contributed by atoms with Crippen molar-refractivity contribution in [1.29, 1.82) is 0 Å². The van der Waals surface area contributed by atoms with Gasteiger partial charge < -0.3 is 16.0 Å². The number of amides is 1. The largest absolute Gasteiger partial charge is 0.357 e. The highest BCUT2D eigenvalue weighted by Gasteiger charge is 2.14. The van der Waals surface area contributed by atoms with Crippen LogP contribution < -0.4 is 16.0 Å². The van der Waals surface area contributed by atoms with Gasteiger partial charge >= 0.3 is 0 Å². The predicted molar refractivity (Wildman–Crippen MR) is 94.7 cm³/mol. The van der Waals surface area contributed by atoms with Crippen LogP contribution in [0.25, 0.3) is 0 Å². The Morgan fingerprint density at radius 1 is 1.17 bits per heavy atom. The average molecular weight is 316 g/mol. The van der Waals surface area contributed by atoms with Crippen molar-refractivity contribution in [2.75, 3.05) is 13.6 Å². The monoisotopic (exact) mass is 316 g/mol. The van der Waals surface area contributed by atoms with E-state index in [1.54, 1.807) is 7.05 Å². The van der Waals surface area contributed by atoms with Crippen LogP contribution in [-0.2, 0) is 6.54 Å². The first-order valence-corrected chi connectivity index (χ1v) is 8.58. The minimum absolute atomic E-state index is 0.0626. The maximum atomic E-state index is 11.5. The van der Waals surface area contributed by atoms with Crippen molar-refractivity contribution in [3.8, 4) is 0 Å². The van der Waals surface area contributed by atoms with Crippen molar-refractivity contribution >= 4 is 11.9 Å². The Bertz CT molecular complexity index is 518. The van der Waals surface area contributed by atoms with Crippen LogP contribution >= 0.6 is 0 Å². The number of hydrogen-bond donors (Lipinski definition) is 3. The Kier molecular flexibility index (Phi) is 6.91. The lowest BCUT2D eigenvalue weighted by molar-refractivity contribution is 0.0963. The van der Waals surface area contributed by atoms with E-state index >= 15 is 0 Å². The Labute approximate surface area is 139 Å². The summed E-state index contributed by atoms with van der Waals surface area (Å²) in [4.78, 5) is 16.2. The molecule has 1 aliphatic rings. The summed E-state index contributed by atoms with van der Waals surface area (Å²) in [5, 5.41) is 9.48. The molecule has 23 heavy (non-hydrogen) atoms. The SMILES string of the molecule is CCNC(=NCc1ccc(C(=O)NC)cc1)NC1CCCCC1. The number of aliphatic imine (C=N–C) groups is 1. The van der Waals surface area contributed by atoms with E-state index < -0.39 is 0 Å². The topological polar surface area (TPSA) is 65.5 Å². The molecule has 1 aromatic carbocycles. The first-order valence-electron chi connectivity index (χ1n) is 8.58. The summed E-state index contributed by atoms with van der Waals surface area (Å²) in [7, 11) is 1.64. The first-order chi connectivity index (χ1) is 11.2. The van der Waals surface area contributed by atoms with Gasteiger partial charge in [0, 0.05) is 25.2 Å². The van der Waals surface area contributed by atoms with Gasteiger partial charge in [-0.15, -0.1) is 0 Å². The Hall–Kier alpha value is -2.04. The van der Waals surface area contributed by atoms with Gasteiger partial charge in [0.25, 0.3) is 5.91 Å². The molecule has 1 amide bonds. The van der Waals surface area contributed by atoms with E-state index in [2.05, 4.69) is 27.9 Å². The normalized spacial score (nSPS) is 16.0. The molecule has 0 aliphatic heterocycles. The number of nitrogens with zero attached hydrogens (tertiary/aromatic N) is 1. The Morgan fingerprint density at radius 3 is 2.48 bits per heavy atom. The molecule has 0 unspecified atom stereocenters. The predicted octanol–water partition coefficient (Wildman–Crippen LogP) is 2.43. The van der Waals surface area contributed by atoms with Gasteiger partial charge in [-0.3, -0.25) is 4.79 Å². The van der Waals surface area contributed by atoms with E-state index in [0.29, 0.717) is 18.2 Å². The lowest BCUT2D eigenvalue weighted by Crippen LogP contribution is -2.44. The van der Waals surface area contributed by atoms with Gasteiger partial charge in [-0.1, -0.05) is 31.4 Å². The summed E-state index contributed by atoms with van der Waals surface area (Å²) >= 11 is 0. The maximum absolute atomic E-state index is 11.5. The molecule has 0 spiro atoms. The van der Waals surface area contributed by atoms with Gasteiger partial charge in [0.15, 0.2) is 5.96 Å². The van der Waals surface area contributed by atoms with E-state index in [1.165, 1.54) is 32.1 Å². The number of guanidine groups is 1. The van der Waals surface area contributed by atoms with Crippen LogP contribution in [0.1, 0.15) is 54.9 Å². The second-order valence-corrected chi connectivity index (χ2v) is 5.95. The Balaban J connectivity index is 1.94. The summed E-state index contributed by atoms with van der Waals surface area (Å²) in [6, 6.07) is 8.13. The number of rotatable bonds is 5. The van der Waals surface area contributed by atoms with Crippen molar-refractivity contribution in [1.82, 2.24) is 16.0 Å². The molecule has 3 N–H and O–H groups in total. The smallest absolute Gasteiger partial charge is 0.251 e. The van der Waals surface area contributed by atoms with Crippen LogP contribution in [0.5, 0.6) is 0 Å². The molecule has 0 heterocycles. The molecule has 0 saturated heterocycles. The molecule has 5 nitrogen and oxygen atoms in total. The molecular formula is C18H28N4O. The number of hydrogen-bond acceptors (Lipinski definition) is 2. The molecule has 1 saturated carbocycles. The number of carbonyl (C=O) groups is 1. The molecule has 5 heteroatoms. The first kappa shape index (κ1) is 17.3. The minimum Gasteiger partial charge on any atom is -0.357 e. The van der Waals surface area contributed by atoms with Crippen LogP contribution in [0.4, 0.5) is 0 Å². The minimum atomic E-state index is -0.0626. The summed E-state index contributed by atoms with van der Waals surface area (Å²) in [5.41, 5.74) is 1.77. The van der Waals surface area contributed by atoms with E-state index in [0.717, 1.165) is 18.1 Å². The summed E-state index contributed by atoms with van der Waals surface area (Å²) < 4.78 is 0. The zero-order valence-corrected chi connectivity index (χ0v) is 14.2. The lowest BCUT2D eigenvalue weighted by atomic mass is 9.96. The summed E-state index contributed by atoms with van der Waals surface area (Å²) in [5.74, 6) is 0.821. The van der Waals surface area contributed by atoms with E-state index in [4.69, 9.17) is 0 Å². The second kappa shape index (κ2) is 9.18. The molecule has 0 radical (unpaired) electrons. The molecule has 0 atom stereocenters. The number of carbonyl (C=O) groups excluding carboxylic acids is 1.